The van der Waals surface area contributed by atoms with Crippen molar-refractivity contribution in [3.8, 4) is 0 Å². The van der Waals surface area contributed by atoms with Gasteiger partial charge < -0.3 is 15.5 Å². The molecule has 0 spiro atoms. The smallest absolute Gasteiger partial charge is 0.251 e. The summed E-state index contributed by atoms with van der Waals surface area (Å²) in [5.41, 5.74) is 2.27. The lowest BCUT2D eigenvalue weighted by molar-refractivity contribution is -0.128. The number of halogens is 1. The minimum Gasteiger partial charge on any atom is -0.352 e. The number of amides is 3. The number of hydrogen-bond donors (Lipinski definition) is 2. The molecule has 0 unspecified atom stereocenters. The molecule has 0 aliphatic carbocycles. The maximum atomic E-state index is 12.2. The Labute approximate surface area is 175 Å². The molecule has 1 aliphatic rings. The van der Waals surface area contributed by atoms with Gasteiger partial charge in [0.25, 0.3) is 5.91 Å². The number of anilines is 1. The number of likely N-dealkylation sites (tertiary alicyclic amines) is 1. The van der Waals surface area contributed by atoms with E-state index in [-0.39, 0.29) is 17.7 Å². The molecule has 1 saturated heterocycles. The fourth-order valence-electron chi connectivity index (χ4n) is 3.16. The van der Waals surface area contributed by atoms with E-state index in [4.69, 9.17) is 11.6 Å². The SMILES string of the molecule is O=C(CCCNC(=O)c1ccc(CN2CCCC2=O)cc1)Nc1ccc(Cl)cc1. The van der Waals surface area contributed by atoms with Crippen LogP contribution < -0.4 is 10.6 Å². The number of rotatable bonds is 8. The average molecular weight is 414 g/mol. The molecule has 0 bridgehead atoms. The van der Waals surface area contributed by atoms with Crippen molar-refractivity contribution in [3.05, 3.63) is 64.7 Å². The molecule has 0 aromatic heterocycles. The van der Waals surface area contributed by atoms with Gasteiger partial charge in [0.1, 0.15) is 0 Å². The molecular weight excluding hydrogens is 390 g/mol. The van der Waals surface area contributed by atoms with Crippen LogP contribution in [0, 0.1) is 0 Å². The van der Waals surface area contributed by atoms with Crippen molar-refractivity contribution in [3.63, 3.8) is 0 Å². The Morgan fingerprint density at radius 3 is 2.41 bits per heavy atom. The highest BCUT2D eigenvalue weighted by atomic mass is 35.5. The Hall–Kier alpha value is -2.86. The molecule has 0 radical (unpaired) electrons. The zero-order valence-electron chi connectivity index (χ0n) is 16.1. The third-order valence-corrected chi connectivity index (χ3v) is 5.01. The number of nitrogens with zero attached hydrogens (tertiary/aromatic N) is 1. The summed E-state index contributed by atoms with van der Waals surface area (Å²) in [7, 11) is 0. The van der Waals surface area contributed by atoms with Crippen LogP contribution in [0.5, 0.6) is 0 Å². The molecule has 1 aliphatic heterocycles. The molecular formula is C22H24ClN3O3. The van der Waals surface area contributed by atoms with Gasteiger partial charge in [0.15, 0.2) is 0 Å². The predicted molar refractivity (Wildman–Crippen MR) is 113 cm³/mol. The minimum atomic E-state index is -0.174. The Bertz CT molecular complexity index is 866. The Kier molecular flexibility index (Phi) is 7.25. The topological polar surface area (TPSA) is 78.5 Å². The lowest BCUT2D eigenvalue weighted by Crippen LogP contribution is -2.26. The van der Waals surface area contributed by atoms with E-state index in [0.717, 1.165) is 18.5 Å². The summed E-state index contributed by atoms with van der Waals surface area (Å²) in [6, 6.07) is 14.2. The van der Waals surface area contributed by atoms with Crippen LogP contribution in [0.3, 0.4) is 0 Å². The Balaban J connectivity index is 1.37. The largest absolute Gasteiger partial charge is 0.352 e. The van der Waals surface area contributed by atoms with Gasteiger partial charge >= 0.3 is 0 Å². The number of benzene rings is 2. The highest BCUT2D eigenvalue weighted by Crippen LogP contribution is 2.15. The Morgan fingerprint density at radius 1 is 1.03 bits per heavy atom. The number of hydrogen-bond acceptors (Lipinski definition) is 3. The summed E-state index contributed by atoms with van der Waals surface area (Å²) in [5, 5.41) is 6.23. The van der Waals surface area contributed by atoms with Crippen molar-refractivity contribution in [1.82, 2.24) is 10.2 Å². The molecule has 1 fully saturated rings. The van der Waals surface area contributed by atoms with Gasteiger partial charge in [-0.2, -0.15) is 0 Å². The second-order valence-corrected chi connectivity index (χ2v) is 7.47. The monoisotopic (exact) mass is 413 g/mol. The summed E-state index contributed by atoms with van der Waals surface area (Å²) in [5.74, 6) is -0.0961. The number of carbonyl (C=O) groups excluding carboxylic acids is 3. The summed E-state index contributed by atoms with van der Waals surface area (Å²) in [4.78, 5) is 37.7. The van der Waals surface area contributed by atoms with Crippen LogP contribution >= 0.6 is 11.6 Å². The van der Waals surface area contributed by atoms with Gasteiger partial charge in [-0.3, -0.25) is 14.4 Å². The summed E-state index contributed by atoms with van der Waals surface area (Å²) >= 11 is 5.81. The third-order valence-electron chi connectivity index (χ3n) is 4.76. The lowest BCUT2D eigenvalue weighted by Gasteiger charge is -2.15. The van der Waals surface area contributed by atoms with Crippen molar-refractivity contribution >= 4 is 35.0 Å². The number of carbonyl (C=O) groups is 3. The minimum absolute atomic E-state index is 0.109. The van der Waals surface area contributed by atoms with Crippen LogP contribution in [0.2, 0.25) is 5.02 Å². The molecule has 1 heterocycles. The van der Waals surface area contributed by atoms with Crippen LogP contribution in [0.4, 0.5) is 5.69 Å². The second-order valence-electron chi connectivity index (χ2n) is 7.03. The normalized spacial score (nSPS) is 13.4. The highest BCUT2D eigenvalue weighted by molar-refractivity contribution is 6.30. The van der Waals surface area contributed by atoms with Gasteiger partial charge in [-0.15, -0.1) is 0 Å². The van der Waals surface area contributed by atoms with E-state index < -0.39 is 0 Å². The first-order chi connectivity index (χ1) is 14.0. The molecule has 2 aromatic carbocycles. The van der Waals surface area contributed by atoms with E-state index in [0.29, 0.717) is 48.6 Å². The molecule has 0 saturated carbocycles. The average Bonchev–Trinajstić information content (AvgIpc) is 3.12. The molecule has 2 aromatic rings. The quantitative estimate of drug-likeness (QED) is 0.649. The van der Waals surface area contributed by atoms with E-state index in [1.165, 1.54) is 0 Å². The molecule has 3 amide bonds. The van der Waals surface area contributed by atoms with E-state index in [9.17, 15) is 14.4 Å². The van der Waals surface area contributed by atoms with Crippen molar-refractivity contribution in [2.24, 2.45) is 0 Å². The zero-order chi connectivity index (χ0) is 20.6. The molecule has 7 heteroatoms. The van der Waals surface area contributed by atoms with E-state index >= 15 is 0 Å². The van der Waals surface area contributed by atoms with Crippen LogP contribution in [0.15, 0.2) is 48.5 Å². The third kappa shape index (κ3) is 6.32. The standard InChI is InChI=1S/C22H24ClN3O3/c23-18-9-11-19(12-10-18)25-20(27)3-1-13-24-22(29)17-7-5-16(6-8-17)15-26-14-2-4-21(26)28/h5-12H,1-4,13-15H2,(H,24,29)(H,25,27). The van der Waals surface area contributed by atoms with E-state index in [1.54, 1.807) is 36.4 Å². The van der Waals surface area contributed by atoms with Crippen molar-refractivity contribution < 1.29 is 14.4 Å². The first-order valence-electron chi connectivity index (χ1n) is 9.71. The fourth-order valence-corrected chi connectivity index (χ4v) is 3.29. The molecule has 3 rings (SSSR count). The van der Waals surface area contributed by atoms with Crippen LogP contribution in [0.25, 0.3) is 0 Å². The van der Waals surface area contributed by atoms with Crippen LogP contribution in [-0.2, 0) is 16.1 Å². The maximum Gasteiger partial charge on any atom is 0.251 e. The fraction of sp³-hybridized carbons (Fsp3) is 0.318. The van der Waals surface area contributed by atoms with Crippen molar-refractivity contribution in [1.29, 1.82) is 0 Å². The highest BCUT2D eigenvalue weighted by Gasteiger charge is 2.19. The molecule has 0 atom stereocenters. The van der Waals surface area contributed by atoms with E-state index in [1.807, 2.05) is 17.0 Å². The molecule has 152 valence electrons. The molecule has 6 nitrogen and oxygen atoms in total. The lowest BCUT2D eigenvalue weighted by atomic mass is 10.1. The van der Waals surface area contributed by atoms with Gasteiger partial charge in [0, 0.05) is 48.7 Å². The summed E-state index contributed by atoms with van der Waals surface area (Å²) in [6.45, 7) is 1.80. The van der Waals surface area contributed by atoms with Crippen molar-refractivity contribution in [2.75, 3.05) is 18.4 Å². The van der Waals surface area contributed by atoms with Crippen LogP contribution in [-0.4, -0.2) is 35.7 Å². The van der Waals surface area contributed by atoms with Crippen LogP contribution in [0.1, 0.15) is 41.6 Å². The molecule has 29 heavy (non-hydrogen) atoms. The van der Waals surface area contributed by atoms with Gasteiger partial charge in [-0.05, 0) is 54.8 Å². The van der Waals surface area contributed by atoms with Crippen molar-refractivity contribution in [2.45, 2.75) is 32.2 Å². The van der Waals surface area contributed by atoms with Gasteiger partial charge in [-0.1, -0.05) is 23.7 Å². The predicted octanol–water partition coefficient (Wildman–Crippen LogP) is 3.61. The van der Waals surface area contributed by atoms with Gasteiger partial charge in [-0.25, -0.2) is 0 Å². The first kappa shape index (κ1) is 20.9. The Morgan fingerprint density at radius 2 is 1.76 bits per heavy atom. The second kappa shape index (κ2) is 10.1. The zero-order valence-corrected chi connectivity index (χ0v) is 16.9. The van der Waals surface area contributed by atoms with Gasteiger partial charge in [0.2, 0.25) is 11.8 Å². The first-order valence-corrected chi connectivity index (χ1v) is 10.1. The van der Waals surface area contributed by atoms with Gasteiger partial charge in [0.05, 0.1) is 0 Å². The summed E-state index contributed by atoms with van der Waals surface area (Å²) in [6.07, 6.45) is 2.39. The molecule has 2 N–H and O–H groups in total. The summed E-state index contributed by atoms with van der Waals surface area (Å²) < 4.78 is 0. The number of nitrogens with one attached hydrogen (secondary N) is 2. The van der Waals surface area contributed by atoms with E-state index in [2.05, 4.69) is 10.6 Å². The maximum absolute atomic E-state index is 12.2.